The Morgan fingerprint density at radius 3 is 2.59 bits per heavy atom. The van der Waals surface area contributed by atoms with E-state index in [1.54, 1.807) is 12.1 Å². The fourth-order valence-electron chi connectivity index (χ4n) is 2.39. The van der Waals surface area contributed by atoms with Crippen LogP contribution < -0.4 is 15.6 Å². The number of halogens is 1. The van der Waals surface area contributed by atoms with Crippen LogP contribution in [-0.4, -0.2) is 28.6 Å². The van der Waals surface area contributed by atoms with Gasteiger partial charge in [-0.05, 0) is 42.8 Å². The van der Waals surface area contributed by atoms with Gasteiger partial charge in [0.15, 0.2) is 6.61 Å². The number of carbonyl (C=O) groups excluding carboxylic acids is 2. The van der Waals surface area contributed by atoms with Crippen molar-refractivity contribution >= 4 is 11.8 Å². The van der Waals surface area contributed by atoms with Crippen LogP contribution >= 0.6 is 0 Å². The Morgan fingerprint density at radius 1 is 1.11 bits per heavy atom. The lowest BCUT2D eigenvalue weighted by molar-refractivity contribution is -0.123. The van der Waals surface area contributed by atoms with Crippen LogP contribution in [0.3, 0.4) is 0 Å². The number of aryl methyl sites for hydroxylation is 1. The van der Waals surface area contributed by atoms with E-state index in [-0.39, 0.29) is 18.0 Å². The van der Waals surface area contributed by atoms with Gasteiger partial charge in [0, 0.05) is 5.56 Å². The number of ether oxygens (including phenoxy) is 1. The molecule has 0 radical (unpaired) electrons. The molecule has 2 aromatic carbocycles. The Balaban J connectivity index is 1.57. The van der Waals surface area contributed by atoms with E-state index in [2.05, 4.69) is 21.0 Å². The average molecular weight is 368 g/mol. The summed E-state index contributed by atoms with van der Waals surface area (Å²) in [6, 6.07) is 12.9. The first-order valence-corrected chi connectivity index (χ1v) is 8.11. The molecule has 3 rings (SSSR count). The van der Waals surface area contributed by atoms with Crippen LogP contribution in [0.15, 0.2) is 54.7 Å². The first-order valence-electron chi connectivity index (χ1n) is 8.11. The molecule has 3 aromatic rings. The number of hydrogen-bond acceptors (Lipinski definition) is 4. The quantitative estimate of drug-likeness (QED) is 0.603. The van der Waals surface area contributed by atoms with E-state index in [9.17, 15) is 14.0 Å². The average Bonchev–Trinajstić information content (AvgIpc) is 3.16. The summed E-state index contributed by atoms with van der Waals surface area (Å²) in [6.07, 6.45) is 1.32. The van der Waals surface area contributed by atoms with Crippen LogP contribution in [-0.2, 0) is 4.79 Å². The van der Waals surface area contributed by atoms with Crippen molar-refractivity contribution in [2.24, 2.45) is 0 Å². The van der Waals surface area contributed by atoms with Gasteiger partial charge < -0.3 is 4.74 Å². The van der Waals surface area contributed by atoms with Crippen molar-refractivity contribution < 1.29 is 18.7 Å². The van der Waals surface area contributed by atoms with E-state index in [0.29, 0.717) is 17.0 Å². The lowest BCUT2D eigenvalue weighted by Gasteiger charge is -2.10. The second-order valence-corrected chi connectivity index (χ2v) is 5.72. The zero-order valence-electron chi connectivity index (χ0n) is 14.5. The smallest absolute Gasteiger partial charge is 0.276 e. The Hall–Kier alpha value is -3.68. The van der Waals surface area contributed by atoms with Crippen LogP contribution in [0.1, 0.15) is 15.9 Å². The van der Waals surface area contributed by atoms with E-state index < -0.39 is 11.8 Å². The van der Waals surface area contributed by atoms with Crippen molar-refractivity contribution in [3.8, 4) is 17.0 Å². The highest BCUT2D eigenvalue weighted by atomic mass is 19.1. The number of hydrazine groups is 1. The molecule has 1 aromatic heterocycles. The number of H-pyrrole nitrogens is 1. The number of aromatic amines is 1. The monoisotopic (exact) mass is 368 g/mol. The Morgan fingerprint density at radius 2 is 1.85 bits per heavy atom. The van der Waals surface area contributed by atoms with Gasteiger partial charge in [-0.2, -0.15) is 5.10 Å². The fourth-order valence-corrected chi connectivity index (χ4v) is 2.39. The molecule has 27 heavy (non-hydrogen) atoms. The number of carbonyl (C=O) groups is 2. The molecule has 0 aliphatic carbocycles. The van der Waals surface area contributed by atoms with Gasteiger partial charge in [-0.3, -0.25) is 25.5 Å². The lowest BCUT2D eigenvalue weighted by Crippen LogP contribution is -2.43. The number of nitrogens with zero attached hydrogens (tertiary/aromatic N) is 1. The van der Waals surface area contributed by atoms with Gasteiger partial charge >= 0.3 is 0 Å². The van der Waals surface area contributed by atoms with Gasteiger partial charge in [-0.15, -0.1) is 0 Å². The van der Waals surface area contributed by atoms with Crippen LogP contribution in [0.4, 0.5) is 4.39 Å². The van der Waals surface area contributed by atoms with Crippen LogP contribution in [0, 0.1) is 12.7 Å². The predicted octanol–water partition coefficient (Wildman–Crippen LogP) is 2.36. The molecular weight excluding hydrogens is 351 g/mol. The highest BCUT2D eigenvalue weighted by Crippen LogP contribution is 2.21. The molecular formula is C19H17FN4O3. The number of amides is 2. The SMILES string of the molecule is Cc1ccccc1OCC(=O)NNC(=O)c1cn[nH]c1-c1ccc(F)cc1. The highest BCUT2D eigenvalue weighted by Gasteiger charge is 2.16. The first kappa shape index (κ1) is 18.1. The Kier molecular flexibility index (Phi) is 5.46. The predicted molar refractivity (Wildman–Crippen MR) is 96.3 cm³/mol. The van der Waals surface area contributed by atoms with E-state index in [0.717, 1.165) is 5.56 Å². The van der Waals surface area contributed by atoms with Crippen LogP contribution in [0.25, 0.3) is 11.3 Å². The molecule has 8 heteroatoms. The normalized spacial score (nSPS) is 10.3. The molecule has 0 atom stereocenters. The molecule has 2 amide bonds. The maximum Gasteiger partial charge on any atom is 0.276 e. The summed E-state index contributed by atoms with van der Waals surface area (Å²) in [7, 11) is 0. The van der Waals surface area contributed by atoms with Crippen molar-refractivity contribution in [1.82, 2.24) is 21.0 Å². The minimum atomic E-state index is -0.563. The molecule has 3 N–H and O–H groups in total. The molecule has 7 nitrogen and oxygen atoms in total. The van der Waals surface area contributed by atoms with Gasteiger partial charge in [0.2, 0.25) is 0 Å². The zero-order chi connectivity index (χ0) is 19.2. The molecule has 0 bridgehead atoms. The fraction of sp³-hybridized carbons (Fsp3) is 0.105. The molecule has 0 aliphatic heterocycles. The maximum absolute atomic E-state index is 13.1. The molecule has 0 saturated heterocycles. The number of nitrogens with one attached hydrogen (secondary N) is 3. The molecule has 138 valence electrons. The van der Waals surface area contributed by atoms with Gasteiger partial charge in [0.05, 0.1) is 17.5 Å². The van der Waals surface area contributed by atoms with E-state index in [1.807, 2.05) is 19.1 Å². The van der Waals surface area contributed by atoms with Gasteiger partial charge in [-0.1, -0.05) is 18.2 Å². The van der Waals surface area contributed by atoms with Crippen molar-refractivity contribution in [2.45, 2.75) is 6.92 Å². The first-order chi connectivity index (χ1) is 13.0. The van der Waals surface area contributed by atoms with Crippen molar-refractivity contribution in [1.29, 1.82) is 0 Å². The summed E-state index contributed by atoms with van der Waals surface area (Å²) in [5.74, 6) is -0.872. The lowest BCUT2D eigenvalue weighted by atomic mass is 10.1. The van der Waals surface area contributed by atoms with Gasteiger partial charge in [-0.25, -0.2) is 4.39 Å². The molecule has 0 unspecified atom stereocenters. The third-order valence-electron chi connectivity index (χ3n) is 3.78. The topological polar surface area (TPSA) is 96.1 Å². The zero-order valence-corrected chi connectivity index (χ0v) is 14.5. The second-order valence-electron chi connectivity index (χ2n) is 5.72. The molecule has 0 aliphatic rings. The Bertz CT molecular complexity index is 954. The second kappa shape index (κ2) is 8.13. The van der Waals surface area contributed by atoms with Crippen molar-refractivity contribution in [2.75, 3.05) is 6.61 Å². The van der Waals surface area contributed by atoms with Crippen LogP contribution in [0.2, 0.25) is 0 Å². The summed E-state index contributed by atoms with van der Waals surface area (Å²) in [4.78, 5) is 24.2. The highest BCUT2D eigenvalue weighted by molar-refractivity contribution is 6.00. The van der Waals surface area contributed by atoms with Gasteiger partial charge in [0.25, 0.3) is 11.8 Å². The minimum absolute atomic E-state index is 0.210. The van der Waals surface area contributed by atoms with E-state index in [1.165, 1.54) is 30.5 Å². The molecule has 0 saturated carbocycles. The van der Waals surface area contributed by atoms with Crippen LogP contribution in [0.5, 0.6) is 5.75 Å². The largest absolute Gasteiger partial charge is 0.483 e. The van der Waals surface area contributed by atoms with Crippen molar-refractivity contribution in [3.63, 3.8) is 0 Å². The van der Waals surface area contributed by atoms with E-state index >= 15 is 0 Å². The number of hydrogen-bond donors (Lipinski definition) is 3. The summed E-state index contributed by atoms with van der Waals surface area (Å²) >= 11 is 0. The summed E-state index contributed by atoms with van der Waals surface area (Å²) in [6.45, 7) is 1.62. The molecule has 0 fully saturated rings. The molecule has 0 spiro atoms. The number of benzene rings is 2. The van der Waals surface area contributed by atoms with Crippen molar-refractivity contribution in [3.05, 3.63) is 71.7 Å². The maximum atomic E-state index is 13.1. The number of rotatable bonds is 5. The number of para-hydroxylation sites is 1. The summed E-state index contributed by atoms with van der Waals surface area (Å²) < 4.78 is 18.5. The number of aromatic nitrogens is 2. The Labute approximate surface area is 154 Å². The minimum Gasteiger partial charge on any atom is -0.483 e. The van der Waals surface area contributed by atoms with Gasteiger partial charge in [0.1, 0.15) is 11.6 Å². The summed E-state index contributed by atoms with van der Waals surface area (Å²) in [5, 5.41) is 6.53. The third kappa shape index (κ3) is 4.49. The summed E-state index contributed by atoms with van der Waals surface area (Å²) in [5.41, 5.74) is 6.70. The van der Waals surface area contributed by atoms with E-state index in [4.69, 9.17) is 4.74 Å². The molecule has 1 heterocycles. The third-order valence-corrected chi connectivity index (χ3v) is 3.78. The standard InChI is InChI=1S/C19H17FN4O3/c1-12-4-2-3-5-16(12)27-11-17(25)22-24-19(26)15-10-21-23-18(15)13-6-8-14(20)9-7-13/h2-10H,11H2,1H3,(H,21,23)(H,22,25)(H,24,26).